The summed E-state index contributed by atoms with van der Waals surface area (Å²) in [6.07, 6.45) is 0. The van der Waals surface area contributed by atoms with Crippen LogP contribution in [0.25, 0.3) is 0 Å². The molecule has 0 atom stereocenters. The number of thioether (sulfide) groups is 1. The van der Waals surface area contributed by atoms with Gasteiger partial charge in [0.2, 0.25) is 0 Å². The van der Waals surface area contributed by atoms with Crippen LogP contribution in [0.15, 0.2) is 30.3 Å². The Kier molecular flexibility index (Phi) is 3.81. The van der Waals surface area contributed by atoms with Gasteiger partial charge in [-0.05, 0) is 12.1 Å². The van der Waals surface area contributed by atoms with Crippen molar-refractivity contribution in [2.75, 3.05) is 13.1 Å². The van der Waals surface area contributed by atoms with E-state index in [1.165, 1.54) is 11.8 Å². The van der Waals surface area contributed by atoms with Crippen molar-refractivity contribution in [1.82, 2.24) is 5.06 Å². The molecular weight excluding hydrogens is 238 g/mol. The highest BCUT2D eigenvalue weighted by Crippen LogP contribution is 2.23. The number of nitrogens with zero attached hydrogens (tertiary/aromatic N) is 1. The summed E-state index contributed by atoms with van der Waals surface area (Å²) in [7, 11) is 0. The molecule has 1 aliphatic heterocycles. The summed E-state index contributed by atoms with van der Waals surface area (Å²) >= 11 is 1.30. The lowest BCUT2D eigenvalue weighted by molar-refractivity contribution is -0.144. The van der Waals surface area contributed by atoms with E-state index in [0.717, 1.165) is 0 Å². The van der Waals surface area contributed by atoms with E-state index in [4.69, 9.17) is 4.84 Å². The van der Waals surface area contributed by atoms with Gasteiger partial charge in [0, 0.05) is 25.3 Å². The van der Waals surface area contributed by atoms with Crippen LogP contribution in [0.4, 0.5) is 0 Å². The van der Waals surface area contributed by atoms with Gasteiger partial charge in [0.1, 0.15) is 0 Å². The Bertz CT molecular complexity index is 415. The van der Waals surface area contributed by atoms with Crippen LogP contribution in [0, 0.1) is 0 Å². The van der Waals surface area contributed by atoms with Crippen LogP contribution in [-0.2, 0) is 9.63 Å². The van der Waals surface area contributed by atoms with Crippen LogP contribution < -0.4 is 0 Å². The molecule has 4 nitrogen and oxygen atoms in total. The SMILES string of the molecule is CC(=O)SC1CN(OC(=O)c2ccccc2)C1. The van der Waals surface area contributed by atoms with Crippen LogP contribution in [0.5, 0.6) is 0 Å². The van der Waals surface area contributed by atoms with Crippen molar-refractivity contribution in [2.45, 2.75) is 12.2 Å². The molecule has 5 heteroatoms. The molecule has 0 N–H and O–H groups in total. The van der Waals surface area contributed by atoms with Crippen molar-refractivity contribution in [2.24, 2.45) is 0 Å². The second-order valence-corrected chi connectivity index (χ2v) is 5.30. The lowest BCUT2D eigenvalue weighted by Gasteiger charge is -2.35. The molecule has 0 aliphatic carbocycles. The Hall–Kier alpha value is -1.33. The zero-order valence-corrected chi connectivity index (χ0v) is 10.3. The molecule has 0 radical (unpaired) electrons. The Balaban J connectivity index is 1.77. The Morgan fingerprint density at radius 3 is 2.53 bits per heavy atom. The van der Waals surface area contributed by atoms with Crippen molar-refractivity contribution >= 4 is 22.8 Å². The minimum absolute atomic E-state index is 0.101. The third kappa shape index (κ3) is 3.31. The van der Waals surface area contributed by atoms with E-state index < -0.39 is 0 Å². The summed E-state index contributed by atoms with van der Waals surface area (Å²) in [5.41, 5.74) is 0.537. The molecule has 2 rings (SSSR count). The maximum atomic E-state index is 11.6. The number of benzene rings is 1. The Morgan fingerprint density at radius 2 is 1.94 bits per heavy atom. The van der Waals surface area contributed by atoms with E-state index in [-0.39, 0.29) is 16.3 Å². The lowest BCUT2D eigenvalue weighted by Crippen LogP contribution is -2.49. The molecule has 0 saturated carbocycles. The van der Waals surface area contributed by atoms with Gasteiger partial charge < -0.3 is 4.84 Å². The number of hydrogen-bond donors (Lipinski definition) is 0. The topological polar surface area (TPSA) is 46.6 Å². The zero-order chi connectivity index (χ0) is 12.3. The normalized spacial score (nSPS) is 16.3. The number of rotatable bonds is 3. The van der Waals surface area contributed by atoms with E-state index in [1.807, 2.05) is 6.07 Å². The van der Waals surface area contributed by atoms with Crippen LogP contribution in [0.2, 0.25) is 0 Å². The summed E-state index contributed by atoms with van der Waals surface area (Å²) in [6.45, 7) is 2.77. The van der Waals surface area contributed by atoms with E-state index in [2.05, 4.69) is 0 Å². The minimum atomic E-state index is -0.350. The molecule has 0 aromatic heterocycles. The fraction of sp³-hybridized carbons (Fsp3) is 0.333. The highest BCUT2D eigenvalue weighted by atomic mass is 32.2. The van der Waals surface area contributed by atoms with Gasteiger partial charge in [0.05, 0.1) is 5.56 Å². The molecule has 1 saturated heterocycles. The highest BCUT2D eigenvalue weighted by molar-refractivity contribution is 8.14. The molecule has 0 unspecified atom stereocenters. The van der Waals surface area contributed by atoms with Gasteiger partial charge in [-0.1, -0.05) is 30.0 Å². The van der Waals surface area contributed by atoms with Crippen LogP contribution in [0.3, 0.4) is 0 Å². The van der Waals surface area contributed by atoms with E-state index in [9.17, 15) is 9.59 Å². The fourth-order valence-electron chi connectivity index (χ4n) is 1.53. The molecule has 1 aliphatic rings. The average molecular weight is 251 g/mol. The molecule has 0 amide bonds. The maximum Gasteiger partial charge on any atom is 0.357 e. The Morgan fingerprint density at radius 1 is 1.29 bits per heavy atom. The molecule has 0 bridgehead atoms. The maximum absolute atomic E-state index is 11.6. The largest absolute Gasteiger partial charge is 0.364 e. The quantitative estimate of drug-likeness (QED) is 0.818. The number of hydrogen-bond acceptors (Lipinski definition) is 5. The Labute approximate surface area is 104 Å². The molecule has 1 fully saturated rings. The third-order valence-electron chi connectivity index (χ3n) is 2.37. The predicted molar refractivity (Wildman–Crippen MR) is 65.5 cm³/mol. The average Bonchev–Trinajstić information content (AvgIpc) is 2.26. The van der Waals surface area contributed by atoms with Crippen molar-refractivity contribution in [3.63, 3.8) is 0 Å². The van der Waals surface area contributed by atoms with Crippen molar-refractivity contribution in [3.8, 4) is 0 Å². The van der Waals surface area contributed by atoms with Crippen LogP contribution >= 0.6 is 11.8 Å². The van der Waals surface area contributed by atoms with Gasteiger partial charge >= 0.3 is 5.97 Å². The summed E-state index contributed by atoms with van der Waals surface area (Å²) in [4.78, 5) is 27.6. The zero-order valence-electron chi connectivity index (χ0n) is 9.46. The summed E-state index contributed by atoms with van der Waals surface area (Å²) < 4.78 is 0. The van der Waals surface area contributed by atoms with Crippen molar-refractivity contribution in [3.05, 3.63) is 35.9 Å². The summed E-state index contributed by atoms with van der Waals surface area (Å²) in [5, 5.41) is 1.93. The summed E-state index contributed by atoms with van der Waals surface area (Å²) in [6, 6.07) is 8.86. The van der Waals surface area contributed by atoms with Gasteiger partial charge in [-0.25, -0.2) is 4.79 Å². The first kappa shape index (κ1) is 12.1. The van der Waals surface area contributed by atoms with Gasteiger partial charge in [0.15, 0.2) is 5.12 Å². The van der Waals surface area contributed by atoms with Gasteiger partial charge in [-0.15, -0.1) is 5.06 Å². The molecule has 1 heterocycles. The van der Waals surface area contributed by atoms with E-state index in [0.29, 0.717) is 18.7 Å². The second kappa shape index (κ2) is 5.33. The van der Waals surface area contributed by atoms with Gasteiger partial charge in [-0.3, -0.25) is 4.79 Å². The fourth-order valence-corrected chi connectivity index (χ4v) is 2.48. The van der Waals surface area contributed by atoms with Crippen molar-refractivity contribution < 1.29 is 14.4 Å². The van der Waals surface area contributed by atoms with Crippen molar-refractivity contribution in [1.29, 1.82) is 0 Å². The van der Waals surface area contributed by atoms with Crippen LogP contribution in [0.1, 0.15) is 17.3 Å². The van der Waals surface area contributed by atoms with E-state index in [1.54, 1.807) is 36.3 Å². The monoisotopic (exact) mass is 251 g/mol. The van der Waals surface area contributed by atoms with Crippen LogP contribution in [-0.4, -0.2) is 34.5 Å². The third-order valence-corrected chi connectivity index (χ3v) is 3.33. The minimum Gasteiger partial charge on any atom is -0.364 e. The molecule has 90 valence electrons. The smallest absolute Gasteiger partial charge is 0.357 e. The number of carbonyl (C=O) groups excluding carboxylic acids is 2. The lowest BCUT2D eigenvalue weighted by atomic mass is 10.2. The first-order valence-electron chi connectivity index (χ1n) is 5.34. The van der Waals surface area contributed by atoms with Gasteiger partial charge in [0.25, 0.3) is 0 Å². The molecular formula is C12H13NO3S. The molecule has 0 spiro atoms. The second-order valence-electron chi connectivity index (χ2n) is 3.82. The number of hydroxylamine groups is 2. The van der Waals surface area contributed by atoms with E-state index >= 15 is 0 Å². The standard InChI is InChI=1S/C12H13NO3S/c1-9(14)17-11-7-13(8-11)16-12(15)10-5-3-2-4-6-10/h2-6,11H,7-8H2,1H3. The number of carbonyl (C=O) groups is 2. The molecule has 1 aromatic carbocycles. The predicted octanol–water partition coefficient (Wildman–Crippen LogP) is 1.72. The molecule has 17 heavy (non-hydrogen) atoms. The molecule has 1 aromatic rings. The summed E-state index contributed by atoms with van der Waals surface area (Å²) in [5.74, 6) is -0.350. The highest BCUT2D eigenvalue weighted by Gasteiger charge is 2.31. The first-order valence-corrected chi connectivity index (χ1v) is 6.22. The first-order chi connectivity index (χ1) is 8.15. The van der Waals surface area contributed by atoms with Gasteiger partial charge in [-0.2, -0.15) is 0 Å².